The van der Waals surface area contributed by atoms with Gasteiger partial charge in [0.2, 0.25) is 5.91 Å². The number of aromatic nitrogens is 1. The van der Waals surface area contributed by atoms with Crippen LogP contribution in [0.2, 0.25) is 0 Å². The lowest BCUT2D eigenvalue weighted by molar-refractivity contribution is 0.100. The van der Waals surface area contributed by atoms with Crippen LogP contribution in [-0.2, 0) is 13.1 Å². The van der Waals surface area contributed by atoms with E-state index in [4.69, 9.17) is 5.73 Å². The molecule has 3 rings (SSSR count). The number of rotatable bonds is 8. The Balaban J connectivity index is 1.67. The predicted octanol–water partition coefficient (Wildman–Crippen LogP) is 3.92. The smallest absolute Gasteiger partial charge is 0.248 e. The Labute approximate surface area is 155 Å². The molecular formula is C22H27N3O. The zero-order valence-corrected chi connectivity index (χ0v) is 15.5. The molecule has 0 saturated carbocycles. The molecule has 0 fully saturated rings. The fourth-order valence-corrected chi connectivity index (χ4v) is 3.09. The number of nitrogens with one attached hydrogen (secondary N) is 1. The first-order valence-corrected chi connectivity index (χ1v) is 9.20. The second-order valence-electron chi connectivity index (χ2n) is 7.26. The lowest BCUT2D eigenvalue weighted by atomic mass is 10.1. The van der Waals surface area contributed by atoms with Gasteiger partial charge in [-0.3, -0.25) is 4.79 Å². The third-order valence-electron chi connectivity index (χ3n) is 4.65. The molecule has 1 aromatic heterocycles. The number of hydrogen-bond acceptors (Lipinski definition) is 2. The van der Waals surface area contributed by atoms with Crippen LogP contribution in [0.15, 0.2) is 54.7 Å². The Morgan fingerprint density at radius 3 is 2.50 bits per heavy atom. The maximum atomic E-state index is 11.2. The van der Waals surface area contributed by atoms with Crippen molar-refractivity contribution in [2.24, 2.45) is 11.7 Å². The topological polar surface area (TPSA) is 60.1 Å². The van der Waals surface area contributed by atoms with Gasteiger partial charge in [-0.2, -0.15) is 0 Å². The number of primary amides is 1. The van der Waals surface area contributed by atoms with Gasteiger partial charge in [0.25, 0.3) is 0 Å². The number of carbonyl (C=O) groups is 1. The summed E-state index contributed by atoms with van der Waals surface area (Å²) in [7, 11) is 0. The van der Waals surface area contributed by atoms with Gasteiger partial charge >= 0.3 is 0 Å². The Morgan fingerprint density at radius 1 is 1.08 bits per heavy atom. The largest absolute Gasteiger partial charge is 0.366 e. The first-order valence-electron chi connectivity index (χ1n) is 9.20. The Hall–Kier alpha value is -2.59. The van der Waals surface area contributed by atoms with Gasteiger partial charge in [-0.15, -0.1) is 0 Å². The summed E-state index contributed by atoms with van der Waals surface area (Å²) >= 11 is 0. The summed E-state index contributed by atoms with van der Waals surface area (Å²) < 4.78 is 2.23. The van der Waals surface area contributed by atoms with Crippen LogP contribution in [0.4, 0.5) is 0 Å². The second kappa shape index (κ2) is 8.19. The molecule has 136 valence electrons. The van der Waals surface area contributed by atoms with E-state index in [-0.39, 0.29) is 0 Å². The first kappa shape index (κ1) is 18.2. The summed E-state index contributed by atoms with van der Waals surface area (Å²) in [5, 5.41) is 4.77. The molecule has 0 unspecified atom stereocenters. The molecule has 0 spiro atoms. The normalized spacial score (nSPS) is 11.3. The van der Waals surface area contributed by atoms with Crippen LogP contribution in [0.5, 0.6) is 0 Å². The minimum absolute atomic E-state index is 0.391. The fraction of sp³-hybridized carbons (Fsp3) is 0.318. The molecule has 26 heavy (non-hydrogen) atoms. The van der Waals surface area contributed by atoms with Crippen LogP contribution in [0.25, 0.3) is 10.9 Å². The highest BCUT2D eigenvalue weighted by atomic mass is 16.1. The summed E-state index contributed by atoms with van der Waals surface area (Å²) in [6, 6.07) is 16.3. The molecule has 2 aromatic carbocycles. The van der Waals surface area contributed by atoms with Gasteiger partial charge in [0.15, 0.2) is 0 Å². The van der Waals surface area contributed by atoms with E-state index in [1.807, 2.05) is 12.1 Å². The molecule has 0 aliphatic carbocycles. The van der Waals surface area contributed by atoms with Gasteiger partial charge in [-0.05, 0) is 65.7 Å². The minimum atomic E-state index is -0.391. The van der Waals surface area contributed by atoms with Gasteiger partial charge in [0.05, 0.1) is 0 Å². The van der Waals surface area contributed by atoms with Crippen LogP contribution >= 0.6 is 0 Å². The van der Waals surface area contributed by atoms with E-state index in [2.05, 4.69) is 54.2 Å². The molecule has 3 N–H and O–H groups in total. The van der Waals surface area contributed by atoms with Gasteiger partial charge in [-0.25, -0.2) is 0 Å². The lowest BCUT2D eigenvalue weighted by Crippen LogP contribution is -2.16. The molecular weight excluding hydrogens is 322 g/mol. The van der Waals surface area contributed by atoms with E-state index in [0.29, 0.717) is 5.56 Å². The number of hydrogen-bond donors (Lipinski definition) is 2. The van der Waals surface area contributed by atoms with Gasteiger partial charge < -0.3 is 15.6 Å². The number of fused-ring (bicyclic) bond motifs is 1. The van der Waals surface area contributed by atoms with E-state index in [1.54, 1.807) is 12.1 Å². The molecule has 1 amide bonds. The van der Waals surface area contributed by atoms with E-state index in [0.717, 1.165) is 31.1 Å². The Kier molecular flexibility index (Phi) is 5.74. The molecule has 1 heterocycles. The summed E-state index contributed by atoms with van der Waals surface area (Å²) in [5.41, 5.74) is 9.51. The molecule has 3 aromatic rings. The predicted molar refractivity (Wildman–Crippen MR) is 107 cm³/mol. The van der Waals surface area contributed by atoms with Gasteiger partial charge in [-0.1, -0.05) is 32.0 Å². The van der Waals surface area contributed by atoms with Crippen LogP contribution in [-0.4, -0.2) is 17.0 Å². The van der Waals surface area contributed by atoms with Crippen molar-refractivity contribution in [1.82, 2.24) is 9.88 Å². The van der Waals surface area contributed by atoms with E-state index in [1.165, 1.54) is 22.9 Å². The van der Waals surface area contributed by atoms with Crippen molar-refractivity contribution in [3.05, 3.63) is 71.4 Å². The molecule has 4 heteroatoms. The van der Waals surface area contributed by atoms with Crippen molar-refractivity contribution in [1.29, 1.82) is 0 Å². The third kappa shape index (κ3) is 4.52. The van der Waals surface area contributed by atoms with Crippen LogP contribution in [0.3, 0.4) is 0 Å². The fourth-order valence-electron chi connectivity index (χ4n) is 3.09. The third-order valence-corrected chi connectivity index (χ3v) is 4.65. The highest BCUT2D eigenvalue weighted by Gasteiger charge is 2.05. The van der Waals surface area contributed by atoms with Crippen molar-refractivity contribution < 1.29 is 4.79 Å². The zero-order valence-electron chi connectivity index (χ0n) is 15.5. The van der Waals surface area contributed by atoms with E-state index < -0.39 is 5.91 Å². The van der Waals surface area contributed by atoms with Gasteiger partial charge in [0, 0.05) is 30.4 Å². The summed E-state index contributed by atoms with van der Waals surface area (Å²) in [6.45, 7) is 7.23. The van der Waals surface area contributed by atoms with Crippen molar-refractivity contribution in [3.63, 3.8) is 0 Å². The average Bonchev–Trinajstić information content (AvgIpc) is 3.01. The van der Waals surface area contributed by atoms with Crippen LogP contribution < -0.4 is 11.1 Å². The lowest BCUT2D eigenvalue weighted by Gasteiger charge is -2.09. The SMILES string of the molecule is CC(C)CCNCc1ccc2c(ccn2Cc2ccc(C(N)=O)cc2)c1. The quantitative estimate of drug-likeness (QED) is 0.606. The molecule has 0 aliphatic heterocycles. The molecule has 0 saturated heterocycles. The van der Waals surface area contributed by atoms with Crippen molar-refractivity contribution in [2.75, 3.05) is 6.54 Å². The summed E-state index contributed by atoms with van der Waals surface area (Å²) in [5.74, 6) is 0.341. The highest BCUT2D eigenvalue weighted by Crippen LogP contribution is 2.19. The standard InChI is InChI=1S/C22H27N3O/c1-16(2)9-11-24-14-18-5-8-21-20(13-18)10-12-25(21)15-17-3-6-19(7-4-17)22(23)26/h3-8,10,12-13,16,24H,9,11,14-15H2,1-2H3,(H2,23,26). The maximum Gasteiger partial charge on any atom is 0.248 e. The molecule has 0 radical (unpaired) electrons. The summed E-state index contributed by atoms with van der Waals surface area (Å²) in [6.07, 6.45) is 3.32. The van der Waals surface area contributed by atoms with Crippen molar-refractivity contribution >= 4 is 16.8 Å². The second-order valence-corrected chi connectivity index (χ2v) is 7.26. The number of benzene rings is 2. The summed E-state index contributed by atoms with van der Waals surface area (Å²) in [4.78, 5) is 11.2. The molecule has 0 atom stereocenters. The first-order chi connectivity index (χ1) is 12.5. The zero-order chi connectivity index (χ0) is 18.5. The van der Waals surface area contributed by atoms with Crippen molar-refractivity contribution in [2.45, 2.75) is 33.4 Å². The van der Waals surface area contributed by atoms with E-state index >= 15 is 0 Å². The molecule has 4 nitrogen and oxygen atoms in total. The number of amides is 1. The monoisotopic (exact) mass is 349 g/mol. The Bertz CT molecular complexity index is 878. The molecule has 0 aliphatic rings. The minimum Gasteiger partial charge on any atom is -0.366 e. The van der Waals surface area contributed by atoms with Crippen LogP contribution in [0, 0.1) is 5.92 Å². The van der Waals surface area contributed by atoms with Crippen LogP contribution in [0.1, 0.15) is 41.8 Å². The number of nitrogens with zero attached hydrogens (tertiary/aromatic N) is 1. The number of nitrogens with two attached hydrogens (primary N) is 1. The molecule has 0 bridgehead atoms. The average molecular weight is 349 g/mol. The number of carbonyl (C=O) groups excluding carboxylic acids is 1. The Morgan fingerprint density at radius 2 is 1.81 bits per heavy atom. The van der Waals surface area contributed by atoms with E-state index in [9.17, 15) is 4.79 Å². The van der Waals surface area contributed by atoms with Crippen molar-refractivity contribution in [3.8, 4) is 0 Å². The highest BCUT2D eigenvalue weighted by molar-refractivity contribution is 5.92. The van der Waals surface area contributed by atoms with Gasteiger partial charge in [0.1, 0.15) is 0 Å². The maximum absolute atomic E-state index is 11.2.